The fourth-order valence-corrected chi connectivity index (χ4v) is 3.10. The maximum atomic E-state index is 12.2. The Morgan fingerprint density at radius 3 is 2.50 bits per heavy atom. The van der Waals surface area contributed by atoms with Gasteiger partial charge in [0.1, 0.15) is 17.5 Å². The number of benzene rings is 1. The Morgan fingerprint density at radius 2 is 2.09 bits per heavy atom. The molecule has 1 N–H and O–H groups in total. The van der Waals surface area contributed by atoms with Gasteiger partial charge in [-0.1, -0.05) is 0 Å². The summed E-state index contributed by atoms with van der Waals surface area (Å²) in [6, 6.07) is 1.90. The van der Waals surface area contributed by atoms with Crippen LogP contribution in [0.1, 0.15) is 13.8 Å². The van der Waals surface area contributed by atoms with Crippen molar-refractivity contribution in [2.45, 2.75) is 19.9 Å². The molecule has 10 heteroatoms. The van der Waals surface area contributed by atoms with Crippen LogP contribution in [0.25, 0.3) is 0 Å². The molecule has 0 amide bonds. The summed E-state index contributed by atoms with van der Waals surface area (Å²) in [6.45, 7) is 2.52. The minimum absolute atomic E-state index is 0.0238. The van der Waals surface area contributed by atoms with Crippen LogP contribution in [0.4, 0.5) is 11.4 Å². The highest BCUT2D eigenvalue weighted by Crippen LogP contribution is 2.35. The molecule has 0 saturated heterocycles. The first-order chi connectivity index (χ1) is 10.2. The van der Waals surface area contributed by atoms with Crippen molar-refractivity contribution in [1.82, 2.24) is 0 Å². The number of aliphatic carboxylic acids is 1. The first kappa shape index (κ1) is 17.7. The first-order valence-corrected chi connectivity index (χ1v) is 7.84. The summed E-state index contributed by atoms with van der Waals surface area (Å²) in [5.74, 6) is -1.72. The van der Waals surface area contributed by atoms with E-state index in [2.05, 4.69) is 0 Å². The molecule has 1 atom stereocenters. The molecule has 0 radical (unpaired) electrons. The van der Waals surface area contributed by atoms with Gasteiger partial charge in [0.15, 0.2) is 0 Å². The number of carboxylic acids is 1. The van der Waals surface area contributed by atoms with Crippen LogP contribution in [0.5, 0.6) is 5.75 Å². The lowest BCUT2D eigenvalue weighted by molar-refractivity contribution is -0.384. The number of hydrogen-bond acceptors (Lipinski definition) is 6. The third-order valence-electron chi connectivity index (χ3n) is 2.98. The number of nitro benzene ring substituents is 1. The molecule has 0 aliphatic carbocycles. The molecule has 0 fully saturated rings. The summed E-state index contributed by atoms with van der Waals surface area (Å²) < 4.78 is 30.1. The van der Waals surface area contributed by atoms with Crippen LogP contribution in [0.3, 0.4) is 0 Å². The minimum Gasteiger partial charge on any atom is -0.495 e. The van der Waals surface area contributed by atoms with Gasteiger partial charge in [-0.15, -0.1) is 0 Å². The van der Waals surface area contributed by atoms with E-state index in [0.29, 0.717) is 4.31 Å². The summed E-state index contributed by atoms with van der Waals surface area (Å²) in [6.07, 6.45) is 0. The van der Waals surface area contributed by atoms with E-state index in [9.17, 15) is 23.3 Å². The molecule has 122 valence electrons. The lowest BCUT2D eigenvalue weighted by Gasteiger charge is -2.28. The van der Waals surface area contributed by atoms with Gasteiger partial charge >= 0.3 is 5.97 Å². The van der Waals surface area contributed by atoms with E-state index < -0.39 is 27.0 Å². The third kappa shape index (κ3) is 3.45. The Balaban J connectivity index is 3.64. The van der Waals surface area contributed by atoms with Gasteiger partial charge in [0.05, 0.1) is 17.8 Å². The van der Waals surface area contributed by atoms with Crippen molar-refractivity contribution in [3.8, 4) is 5.75 Å². The Bertz CT molecular complexity index is 687. The van der Waals surface area contributed by atoms with Crippen LogP contribution in [-0.4, -0.2) is 43.3 Å². The number of methoxy groups -OCH3 is 1. The summed E-state index contributed by atoms with van der Waals surface area (Å²) in [4.78, 5) is 21.4. The maximum Gasteiger partial charge on any atom is 0.327 e. The van der Waals surface area contributed by atoms with E-state index in [0.717, 1.165) is 12.1 Å². The van der Waals surface area contributed by atoms with E-state index in [1.807, 2.05) is 0 Å². The number of nitrogens with zero attached hydrogens (tertiary/aromatic N) is 2. The van der Waals surface area contributed by atoms with E-state index in [1.165, 1.54) is 27.0 Å². The second-order valence-corrected chi connectivity index (χ2v) is 6.46. The van der Waals surface area contributed by atoms with Crippen molar-refractivity contribution < 1.29 is 28.0 Å². The molecule has 0 aromatic heterocycles. The van der Waals surface area contributed by atoms with Gasteiger partial charge in [-0.3, -0.25) is 14.4 Å². The van der Waals surface area contributed by atoms with E-state index in [1.54, 1.807) is 0 Å². The quantitative estimate of drug-likeness (QED) is 0.587. The molecule has 0 aliphatic heterocycles. The van der Waals surface area contributed by atoms with Gasteiger partial charge in [0, 0.05) is 12.1 Å². The van der Waals surface area contributed by atoms with Gasteiger partial charge < -0.3 is 9.84 Å². The van der Waals surface area contributed by atoms with Crippen molar-refractivity contribution in [3.05, 3.63) is 28.3 Å². The molecule has 0 aliphatic rings. The van der Waals surface area contributed by atoms with Crippen LogP contribution < -0.4 is 9.04 Å². The molecule has 1 aromatic carbocycles. The van der Waals surface area contributed by atoms with Crippen molar-refractivity contribution >= 4 is 27.4 Å². The second-order valence-electron chi connectivity index (χ2n) is 4.32. The predicted molar refractivity (Wildman–Crippen MR) is 78.7 cm³/mol. The van der Waals surface area contributed by atoms with Crippen molar-refractivity contribution in [1.29, 1.82) is 0 Å². The van der Waals surface area contributed by atoms with Gasteiger partial charge in [-0.05, 0) is 19.9 Å². The zero-order valence-electron chi connectivity index (χ0n) is 12.2. The van der Waals surface area contributed by atoms with E-state index in [4.69, 9.17) is 9.84 Å². The lowest BCUT2D eigenvalue weighted by Crippen LogP contribution is -2.44. The molecule has 0 bridgehead atoms. The fourth-order valence-electron chi connectivity index (χ4n) is 1.80. The maximum absolute atomic E-state index is 12.2. The van der Waals surface area contributed by atoms with Crippen LogP contribution in [0.2, 0.25) is 0 Å². The highest BCUT2D eigenvalue weighted by Gasteiger charge is 2.33. The highest BCUT2D eigenvalue weighted by molar-refractivity contribution is 7.92. The summed E-state index contributed by atoms with van der Waals surface area (Å²) >= 11 is 0. The Labute approximate surface area is 127 Å². The first-order valence-electron chi connectivity index (χ1n) is 6.23. The van der Waals surface area contributed by atoms with Crippen molar-refractivity contribution in [2.75, 3.05) is 17.2 Å². The standard InChI is InChI=1S/C12H16N2O7S/c1-4-22(19,20)13(8(2)12(15)16)10-7-9(14(17)18)5-6-11(10)21-3/h5-8H,4H2,1-3H3,(H,15,16). The zero-order valence-corrected chi connectivity index (χ0v) is 13.0. The molecule has 0 spiro atoms. The fraction of sp³-hybridized carbons (Fsp3) is 0.417. The number of ether oxygens (including phenoxy) is 1. The Kier molecular flexibility index (Phi) is 5.31. The van der Waals surface area contributed by atoms with Crippen molar-refractivity contribution in [2.24, 2.45) is 0 Å². The molecule has 1 unspecified atom stereocenters. The summed E-state index contributed by atoms with van der Waals surface area (Å²) in [5.41, 5.74) is -0.557. The average molecular weight is 332 g/mol. The number of non-ortho nitro benzene ring substituents is 1. The van der Waals surface area contributed by atoms with Crippen LogP contribution in [0.15, 0.2) is 18.2 Å². The van der Waals surface area contributed by atoms with Crippen LogP contribution in [0, 0.1) is 10.1 Å². The largest absolute Gasteiger partial charge is 0.495 e. The number of carboxylic acid groups (broad SMARTS) is 1. The number of anilines is 1. The number of hydrogen-bond donors (Lipinski definition) is 1. The topological polar surface area (TPSA) is 127 Å². The third-order valence-corrected chi connectivity index (χ3v) is 4.83. The SMILES string of the molecule is CCS(=O)(=O)N(c1cc([N+](=O)[O-])ccc1OC)C(C)C(=O)O. The number of carbonyl (C=O) groups is 1. The minimum atomic E-state index is -3.98. The number of rotatable bonds is 7. The predicted octanol–water partition coefficient (Wildman–Crippen LogP) is 1.23. The van der Waals surface area contributed by atoms with Gasteiger partial charge in [-0.2, -0.15) is 0 Å². The van der Waals surface area contributed by atoms with Crippen molar-refractivity contribution in [3.63, 3.8) is 0 Å². The monoisotopic (exact) mass is 332 g/mol. The van der Waals surface area contributed by atoms with Gasteiger partial charge in [0.2, 0.25) is 10.0 Å². The normalized spacial score (nSPS) is 12.5. The molecule has 22 heavy (non-hydrogen) atoms. The second kappa shape index (κ2) is 6.60. The molecule has 1 aromatic rings. The smallest absolute Gasteiger partial charge is 0.327 e. The Morgan fingerprint density at radius 1 is 1.50 bits per heavy atom. The number of nitro groups is 1. The molecule has 0 heterocycles. The highest BCUT2D eigenvalue weighted by atomic mass is 32.2. The summed E-state index contributed by atoms with van der Waals surface area (Å²) in [5, 5.41) is 20.0. The summed E-state index contributed by atoms with van der Waals surface area (Å²) in [7, 11) is -2.73. The van der Waals surface area contributed by atoms with Crippen LogP contribution >= 0.6 is 0 Å². The molecule has 0 saturated carbocycles. The lowest BCUT2D eigenvalue weighted by atomic mass is 10.2. The zero-order chi connectivity index (χ0) is 17.1. The number of sulfonamides is 1. The molecular weight excluding hydrogens is 316 g/mol. The Hall–Kier alpha value is -2.36. The average Bonchev–Trinajstić information content (AvgIpc) is 2.46. The van der Waals surface area contributed by atoms with Gasteiger partial charge in [0.25, 0.3) is 5.69 Å². The van der Waals surface area contributed by atoms with Gasteiger partial charge in [-0.25, -0.2) is 13.2 Å². The molecular formula is C12H16N2O7S. The molecule has 9 nitrogen and oxygen atoms in total. The molecule has 1 rings (SSSR count). The van der Waals surface area contributed by atoms with E-state index in [-0.39, 0.29) is 22.9 Å². The van der Waals surface area contributed by atoms with Crippen LogP contribution in [-0.2, 0) is 14.8 Å². The van der Waals surface area contributed by atoms with E-state index >= 15 is 0 Å².